The standard InChI is InChI=1S/C19H31N3O4S/c1-5-22(27(23,24)6-2)17-12-21-8-7-13-9-18(25-3)19(26-4)10-14(13)16(21)11-15(17)20/h9-10,15-17H,5-8,11-12,20H2,1-4H3/t15-,16-,17?/m0/s1. The second-order valence-electron chi connectivity index (χ2n) is 7.24. The van der Waals surface area contributed by atoms with Gasteiger partial charge in [0.2, 0.25) is 10.0 Å². The number of sulfonamides is 1. The predicted octanol–water partition coefficient (Wildman–Crippen LogP) is 1.37. The fraction of sp³-hybridized carbons (Fsp3) is 0.684. The molecule has 27 heavy (non-hydrogen) atoms. The molecule has 7 nitrogen and oxygen atoms in total. The summed E-state index contributed by atoms with van der Waals surface area (Å²) in [6, 6.07) is 3.91. The van der Waals surface area contributed by atoms with E-state index in [4.69, 9.17) is 15.2 Å². The van der Waals surface area contributed by atoms with Crippen LogP contribution in [0, 0.1) is 0 Å². The zero-order chi connectivity index (χ0) is 19.8. The summed E-state index contributed by atoms with van der Waals surface area (Å²) in [4.78, 5) is 2.37. The normalized spacial score (nSPS) is 25.8. The van der Waals surface area contributed by atoms with Crippen molar-refractivity contribution < 1.29 is 17.9 Å². The van der Waals surface area contributed by atoms with Crippen LogP contribution in [0.4, 0.5) is 0 Å². The lowest BCUT2D eigenvalue weighted by Gasteiger charge is -2.48. The van der Waals surface area contributed by atoms with Gasteiger partial charge in [-0.3, -0.25) is 4.90 Å². The van der Waals surface area contributed by atoms with Crippen LogP contribution in [-0.2, 0) is 16.4 Å². The maximum atomic E-state index is 12.5. The highest BCUT2D eigenvalue weighted by molar-refractivity contribution is 7.89. The number of nitrogens with zero attached hydrogens (tertiary/aromatic N) is 2. The van der Waals surface area contributed by atoms with Gasteiger partial charge in [0.15, 0.2) is 11.5 Å². The molecular weight excluding hydrogens is 366 g/mol. The topological polar surface area (TPSA) is 85.1 Å². The van der Waals surface area contributed by atoms with E-state index in [1.807, 2.05) is 6.92 Å². The first kappa shape index (κ1) is 20.4. The molecule has 0 spiro atoms. The van der Waals surface area contributed by atoms with E-state index in [1.54, 1.807) is 25.4 Å². The van der Waals surface area contributed by atoms with E-state index in [0.29, 0.717) is 13.1 Å². The van der Waals surface area contributed by atoms with Crippen LogP contribution in [-0.4, -0.2) is 69.3 Å². The molecule has 1 aromatic rings. The van der Waals surface area contributed by atoms with Crippen LogP contribution in [0.2, 0.25) is 0 Å². The molecular formula is C19H31N3O4S. The van der Waals surface area contributed by atoms with Crippen molar-refractivity contribution in [1.82, 2.24) is 9.21 Å². The minimum absolute atomic E-state index is 0.104. The van der Waals surface area contributed by atoms with E-state index in [9.17, 15) is 8.42 Å². The number of hydrogen-bond acceptors (Lipinski definition) is 6. The Balaban J connectivity index is 1.90. The molecule has 8 heteroatoms. The molecule has 2 N–H and O–H groups in total. The molecule has 1 aromatic carbocycles. The number of nitrogens with two attached hydrogens (primary N) is 1. The molecule has 0 amide bonds. The molecule has 1 fully saturated rings. The zero-order valence-electron chi connectivity index (χ0n) is 16.6. The largest absolute Gasteiger partial charge is 0.493 e. The van der Waals surface area contributed by atoms with E-state index in [1.165, 1.54) is 11.1 Å². The molecule has 0 aliphatic carbocycles. The number of piperidine rings is 1. The zero-order valence-corrected chi connectivity index (χ0v) is 17.5. The third-order valence-electron chi connectivity index (χ3n) is 5.93. The van der Waals surface area contributed by atoms with Crippen LogP contribution in [0.15, 0.2) is 12.1 Å². The first-order valence-corrected chi connectivity index (χ1v) is 11.2. The van der Waals surface area contributed by atoms with Crippen molar-refractivity contribution in [2.45, 2.75) is 44.8 Å². The summed E-state index contributed by atoms with van der Waals surface area (Å²) >= 11 is 0. The van der Waals surface area contributed by atoms with Gasteiger partial charge in [-0.15, -0.1) is 0 Å². The van der Waals surface area contributed by atoms with Gasteiger partial charge in [0.25, 0.3) is 0 Å². The number of hydrogen-bond donors (Lipinski definition) is 1. The minimum Gasteiger partial charge on any atom is -0.493 e. The summed E-state index contributed by atoms with van der Waals surface area (Å²) < 4.78 is 37.5. The lowest BCUT2D eigenvalue weighted by molar-refractivity contribution is 0.0722. The van der Waals surface area contributed by atoms with E-state index in [2.05, 4.69) is 17.0 Å². The van der Waals surface area contributed by atoms with E-state index < -0.39 is 10.0 Å². The molecule has 0 aromatic heterocycles. The number of fused-ring (bicyclic) bond motifs is 3. The third-order valence-corrected chi connectivity index (χ3v) is 7.90. The van der Waals surface area contributed by atoms with Crippen LogP contribution >= 0.6 is 0 Å². The summed E-state index contributed by atoms with van der Waals surface area (Å²) in [5.41, 5.74) is 8.98. The summed E-state index contributed by atoms with van der Waals surface area (Å²) in [5.74, 6) is 1.57. The Morgan fingerprint density at radius 3 is 2.48 bits per heavy atom. The quantitative estimate of drug-likeness (QED) is 0.780. The van der Waals surface area contributed by atoms with Crippen LogP contribution < -0.4 is 15.2 Å². The molecule has 2 aliphatic rings. The molecule has 1 unspecified atom stereocenters. The van der Waals surface area contributed by atoms with Gasteiger partial charge in [-0.2, -0.15) is 4.31 Å². The molecule has 152 valence electrons. The summed E-state index contributed by atoms with van der Waals surface area (Å²) in [6.45, 7) is 5.57. The van der Waals surface area contributed by atoms with Gasteiger partial charge in [-0.1, -0.05) is 6.92 Å². The average Bonchev–Trinajstić information content (AvgIpc) is 2.67. The Labute approximate surface area is 162 Å². The van der Waals surface area contributed by atoms with Gasteiger partial charge >= 0.3 is 0 Å². The van der Waals surface area contributed by atoms with E-state index >= 15 is 0 Å². The summed E-state index contributed by atoms with van der Waals surface area (Å²) in [7, 11) is 0.0171. The molecule has 0 radical (unpaired) electrons. The molecule has 0 bridgehead atoms. The van der Waals surface area contributed by atoms with Crippen LogP contribution in [0.3, 0.4) is 0 Å². The Morgan fingerprint density at radius 1 is 1.22 bits per heavy atom. The SMILES string of the molecule is CCN(C1CN2CCc3cc(OC)c(OC)cc3[C@@H]2C[C@@H]1N)S(=O)(=O)CC. The van der Waals surface area contributed by atoms with E-state index in [-0.39, 0.29) is 23.9 Å². The van der Waals surface area contributed by atoms with Crippen LogP contribution in [0.5, 0.6) is 11.5 Å². The number of ether oxygens (including phenoxy) is 2. The highest BCUT2D eigenvalue weighted by atomic mass is 32.2. The number of rotatable bonds is 6. The maximum Gasteiger partial charge on any atom is 0.214 e. The fourth-order valence-corrected chi connectivity index (χ4v) is 5.83. The number of methoxy groups -OCH3 is 2. The molecule has 2 heterocycles. The van der Waals surface area contributed by atoms with Crippen molar-refractivity contribution >= 4 is 10.0 Å². The first-order valence-electron chi connectivity index (χ1n) is 9.60. The van der Waals surface area contributed by atoms with Gasteiger partial charge in [-0.05, 0) is 43.0 Å². The van der Waals surface area contributed by atoms with Crippen LogP contribution in [0.25, 0.3) is 0 Å². The summed E-state index contributed by atoms with van der Waals surface area (Å²) in [6.07, 6.45) is 1.63. The Kier molecular flexibility index (Phi) is 6.00. The smallest absolute Gasteiger partial charge is 0.214 e. The monoisotopic (exact) mass is 397 g/mol. The molecule has 0 saturated carbocycles. The lowest BCUT2D eigenvalue weighted by atomic mass is 9.83. The summed E-state index contributed by atoms with van der Waals surface area (Å²) in [5, 5.41) is 0. The Bertz CT molecular complexity index is 783. The first-order chi connectivity index (χ1) is 12.9. The Morgan fingerprint density at radius 2 is 1.89 bits per heavy atom. The van der Waals surface area contributed by atoms with Crippen molar-refractivity contribution in [2.75, 3.05) is 39.6 Å². The number of benzene rings is 1. The van der Waals surface area contributed by atoms with Gasteiger partial charge in [-0.25, -0.2) is 8.42 Å². The van der Waals surface area contributed by atoms with Crippen molar-refractivity contribution in [3.63, 3.8) is 0 Å². The molecule has 2 aliphatic heterocycles. The third kappa shape index (κ3) is 3.68. The van der Waals surface area contributed by atoms with Gasteiger partial charge in [0.1, 0.15) is 0 Å². The average molecular weight is 398 g/mol. The Hall–Kier alpha value is -1.35. The van der Waals surface area contributed by atoms with Gasteiger partial charge in [0, 0.05) is 31.7 Å². The predicted molar refractivity (Wildman–Crippen MR) is 106 cm³/mol. The van der Waals surface area contributed by atoms with Gasteiger partial charge < -0.3 is 15.2 Å². The molecule has 1 saturated heterocycles. The fourth-order valence-electron chi connectivity index (χ4n) is 4.47. The lowest BCUT2D eigenvalue weighted by Crippen LogP contribution is -2.61. The van der Waals surface area contributed by atoms with Crippen molar-refractivity contribution in [1.29, 1.82) is 0 Å². The molecule has 3 atom stereocenters. The second-order valence-corrected chi connectivity index (χ2v) is 9.45. The van der Waals surface area contributed by atoms with Crippen molar-refractivity contribution in [3.8, 4) is 11.5 Å². The van der Waals surface area contributed by atoms with E-state index in [0.717, 1.165) is 30.9 Å². The number of likely N-dealkylation sites (N-methyl/N-ethyl adjacent to an activating group) is 1. The minimum atomic E-state index is -3.27. The van der Waals surface area contributed by atoms with Gasteiger partial charge in [0.05, 0.1) is 26.0 Å². The molecule has 3 rings (SSSR count). The maximum absolute atomic E-state index is 12.5. The van der Waals surface area contributed by atoms with Crippen molar-refractivity contribution in [3.05, 3.63) is 23.3 Å². The van der Waals surface area contributed by atoms with Crippen LogP contribution in [0.1, 0.15) is 37.4 Å². The highest BCUT2D eigenvalue weighted by Crippen LogP contribution is 2.42. The van der Waals surface area contributed by atoms with Crippen molar-refractivity contribution in [2.24, 2.45) is 5.73 Å². The second kappa shape index (κ2) is 7.95. The highest BCUT2D eigenvalue weighted by Gasteiger charge is 2.42.